The van der Waals surface area contributed by atoms with E-state index in [4.69, 9.17) is 25.8 Å². The number of methoxy groups -OCH3 is 1. The summed E-state index contributed by atoms with van der Waals surface area (Å²) in [4.78, 5) is 30.2. The summed E-state index contributed by atoms with van der Waals surface area (Å²) in [5, 5.41) is 0.314. The molecule has 0 amide bonds. The van der Waals surface area contributed by atoms with E-state index in [1.54, 1.807) is 36.4 Å². The first-order valence-electron chi connectivity index (χ1n) is 13.1. The number of benzene rings is 3. The Morgan fingerprint density at radius 3 is 2.48 bits per heavy atom. The average Bonchev–Trinajstić information content (AvgIpc) is 3.30. The monoisotopic (exact) mass is 646 g/mol. The quantitative estimate of drug-likeness (QED) is 0.181. The molecule has 0 saturated heterocycles. The first-order chi connectivity index (χ1) is 21.0. The van der Waals surface area contributed by atoms with E-state index < -0.39 is 40.8 Å². The maximum absolute atomic E-state index is 14.3. The van der Waals surface area contributed by atoms with Crippen LogP contribution in [-0.4, -0.2) is 30.4 Å². The average molecular weight is 647 g/mol. The molecule has 0 bridgehead atoms. The lowest BCUT2D eigenvalue weighted by Gasteiger charge is -2.26. The van der Waals surface area contributed by atoms with Crippen LogP contribution < -0.4 is 24.4 Å². The van der Waals surface area contributed by atoms with Gasteiger partial charge in [0.15, 0.2) is 22.0 Å². The van der Waals surface area contributed by atoms with E-state index in [0.29, 0.717) is 21.9 Å². The Bertz CT molecular complexity index is 1930. The van der Waals surface area contributed by atoms with Crippen LogP contribution in [0.15, 0.2) is 87.8 Å². The molecular weight excluding hydrogens is 624 g/mol. The Kier molecular flexibility index (Phi) is 8.93. The molecule has 4 aromatic rings. The number of hydrogen-bond donors (Lipinski definition) is 0. The Balaban J connectivity index is 1.61. The van der Waals surface area contributed by atoms with Gasteiger partial charge in [-0.3, -0.25) is 9.36 Å². The normalized spacial score (nSPS) is 15.1. The van der Waals surface area contributed by atoms with E-state index in [1.807, 2.05) is 0 Å². The standard InChI is InChI=1S/C31H23ClF4N2O5S/c1-3-42-29(40)25-26(18-9-11-20(32)12-10-18)38-28(39)24(44-30(38)37-27(25)31(34,35)36)15-17-8-13-22(23(14-17)41-2)43-16-19-6-4-5-7-21(19)33/h4-15,26H,3,16H2,1-2H3/b24-15-/t26-/m0/s1. The van der Waals surface area contributed by atoms with Gasteiger partial charge in [-0.2, -0.15) is 13.2 Å². The van der Waals surface area contributed by atoms with Crippen molar-refractivity contribution >= 4 is 35.0 Å². The number of carbonyl (C=O) groups excluding carboxylic acids is 1. The van der Waals surface area contributed by atoms with Gasteiger partial charge in [0.25, 0.3) is 5.56 Å². The largest absolute Gasteiger partial charge is 0.493 e. The van der Waals surface area contributed by atoms with Crippen LogP contribution in [0.3, 0.4) is 0 Å². The molecule has 0 aliphatic carbocycles. The highest BCUT2D eigenvalue weighted by molar-refractivity contribution is 7.07. The van der Waals surface area contributed by atoms with Crippen molar-refractivity contribution in [3.05, 3.63) is 125 Å². The molecule has 0 radical (unpaired) electrons. The second kappa shape index (κ2) is 12.7. The van der Waals surface area contributed by atoms with E-state index >= 15 is 0 Å². The summed E-state index contributed by atoms with van der Waals surface area (Å²) in [7, 11) is 1.41. The van der Waals surface area contributed by atoms with E-state index in [1.165, 1.54) is 50.4 Å². The van der Waals surface area contributed by atoms with Crippen LogP contribution in [0.1, 0.15) is 29.7 Å². The van der Waals surface area contributed by atoms with Crippen molar-refractivity contribution < 1.29 is 36.6 Å². The molecule has 2 heterocycles. The lowest BCUT2D eigenvalue weighted by atomic mass is 9.95. The maximum atomic E-state index is 14.3. The molecule has 5 rings (SSSR count). The molecule has 0 fully saturated rings. The SMILES string of the molecule is CCOC(=O)C1=C(C(F)(F)F)N=c2s/c(=C\c3ccc(OCc4ccccc4F)c(OC)c3)c(=O)n2[C@H]1c1ccc(Cl)cc1. The Morgan fingerprint density at radius 2 is 1.82 bits per heavy atom. The number of rotatable bonds is 8. The van der Waals surface area contributed by atoms with E-state index in [0.717, 1.165) is 15.9 Å². The fraction of sp³-hybridized carbons (Fsp3) is 0.194. The van der Waals surface area contributed by atoms with E-state index in [2.05, 4.69) is 4.99 Å². The van der Waals surface area contributed by atoms with Gasteiger partial charge >= 0.3 is 12.1 Å². The smallest absolute Gasteiger partial charge is 0.434 e. The first kappa shape index (κ1) is 31.0. The second-order valence-corrected chi connectivity index (χ2v) is 10.9. The van der Waals surface area contributed by atoms with Gasteiger partial charge in [-0.25, -0.2) is 14.2 Å². The molecule has 44 heavy (non-hydrogen) atoms. The third-order valence-corrected chi connectivity index (χ3v) is 7.84. The molecule has 7 nitrogen and oxygen atoms in total. The summed E-state index contributed by atoms with van der Waals surface area (Å²) in [5.74, 6) is -1.07. The third kappa shape index (κ3) is 6.27. The minimum absolute atomic E-state index is 0.0522. The predicted molar refractivity (Wildman–Crippen MR) is 156 cm³/mol. The predicted octanol–water partition coefficient (Wildman–Crippen LogP) is 5.72. The number of alkyl halides is 3. The zero-order valence-corrected chi connectivity index (χ0v) is 24.7. The number of nitrogens with zero attached hydrogens (tertiary/aromatic N) is 2. The Labute approximate surface area is 256 Å². The van der Waals surface area contributed by atoms with Gasteiger partial charge in [-0.15, -0.1) is 0 Å². The Morgan fingerprint density at radius 1 is 1.09 bits per heavy atom. The van der Waals surface area contributed by atoms with Crippen molar-refractivity contribution in [1.82, 2.24) is 4.57 Å². The van der Waals surface area contributed by atoms with Crippen LogP contribution in [0, 0.1) is 5.82 Å². The summed E-state index contributed by atoms with van der Waals surface area (Å²) >= 11 is 6.74. The number of aromatic nitrogens is 1. The van der Waals surface area contributed by atoms with Crippen molar-refractivity contribution in [3.8, 4) is 11.5 Å². The molecule has 0 N–H and O–H groups in total. The summed E-state index contributed by atoms with van der Waals surface area (Å²) < 4.78 is 74.1. The molecule has 0 spiro atoms. The highest BCUT2D eigenvalue weighted by atomic mass is 35.5. The Hall–Kier alpha value is -4.42. The lowest BCUT2D eigenvalue weighted by molar-refractivity contribution is -0.140. The number of carbonyl (C=O) groups is 1. The number of allylic oxidation sites excluding steroid dienone is 1. The molecule has 1 aliphatic heterocycles. The van der Waals surface area contributed by atoms with Crippen molar-refractivity contribution in [2.45, 2.75) is 25.7 Å². The number of fused-ring (bicyclic) bond motifs is 1. The fourth-order valence-corrected chi connectivity index (χ4v) is 5.74. The van der Waals surface area contributed by atoms with Crippen molar-refractivity contribution in [2.75, 3.05) is 13.7 Å². The molecule has 1 aliphatic rings. The van der Waals surface area contributed by atoms with Crippen LogP contribution in [0.4, 0.5) is 17.6 Å². The molecule has 0 unspecified atom stereocenters. The fourth-order valence-electron chi connectivity index (χ4n) is 4.62. The van der Waals surface area contributed by atoms with Gasteiger partial charge in [0.05, 0.1) is 29.9 Å². The third-order valence-electron chi connectivity index (χ3n) is 6.61. The highest BCUT2D eigenvalue weighted by Crippen LogP contribution is 2.38. The molecule has 13 heteroatoms. The zero-order chi connectivity index (χ0) is 31.6. The number of hydrogen-bond acceptors (Lipinski definition) is 7. The topological polar surface area (TPSA) is 79.1 Å². The molecular formula is C31H23ClF4N2O5S. The minimum atomic E-state index is -5.02. The summed E-state index contributed by atoms with van der Waals surface area (Å²) in [6, 6.07) is 15.2. The summed E-state index contributed by atoms with van der Waals surface area (Å²) in [5.41, 5.74) is -1.90. The maximum Gasteiger partial charge on any atom is 0.434 e. The molecule has 3 aromatic carbocycles. The van der Waals surface area contributed by atoms with Crippen LogP contribution in [0.5, 0.6) is 11.5 Å². The molecule has 0 saturated carbocycles. The summed E-state index contributed by atoms with van der Waals surface area (Å²) in [6.45, 7) is 1.21. The highest BCUT2D eigenvalue weighted by Gasteiger charge is 2.45. The van der Waals surface area contributed by atoms with Crippen molar-refractivity contribution in [2.24, 2.45) is 4.99 Å². The van der Waals surface area contributed by atoms with Gasteiger partial charge in [-0.05, 0) is 54.5 Å². The van der Waals surface area contributed by atoms with Gasteiger partial charge in [-0.1, -0.05) is 59.3 Å². The molecule has 1 aromatic heterocycles. The van der Waals surface area contributed by atoms with Crippen molar-refractivity contribution in [1.29, 1.82) is 0 Å². The van der Waals surface area contributed by atoms with Crippen LogP contribution in [0.25, 0.3) is 6.08 Å². The second-order valence-electron chi connectivity index (χ2n) is 9.41. The molecule has 1 atom stereocenters. The van der Waals surface area contributed by atoms with Crippen LogP contribution in [0.2, 0.25) is 5.02 Å². The summed E-state index contributed by atoms with van der Waals surface area (Å²) in [6.07, 6.45) is -3.55. The number of esters is 1. The first-order valence-corrected chi connectivity index (χ1v) is 14.3. The minimum Gasteiger partial charge on any atom is -0.493 e. The van der Waals surface area contributed by atoms with E-state index in [9.17, 15) is 27.2 Å². The van der Waals surface area contributed by atoms with Gasteiger partial charge in [0.1, 0.15) is 12.4 Å². The number of halogens is 5. The van der Waals surface area contributed by atoms with Gasteiger partial charge < -0.3 is 14.2 Å². The number of thiazole rings is 1. The van der Waals surface area contributed by atoms with Crippen LogP contribution in [-0.2, 0) is 16.1 Å². The lowest BCUT2D eigenvalue weighted by Crippen LogP contribution is -2.41. The van der Waals surface area contributed by atoms with Gasteiger partial charge in [0, 0.05) is 10.6 Å². The van der Waals surface area contributed by atoms with Crippen LogP contribution >= 0.6 is 22.9 Å². The van der Waals surface area contributed by atoms with E-state index in [-0.39, 0.29) is 33.9 Å². The van der Waals surface area contributed by atoms with Crippen molar-refractivity contribution in [3.63, 3.8) is 0 Å². The zero-order valence-electron chi connectivity index (χ0n) is 23.2. The number of ether oxygens (including phenoxy) is 3. The van der Waals surface area contributed by atoms with Gasteiger partial charge in [0.2, 0.25) is 0 Å². The molecule has 228 valence electrons.